The maximum atomic E-state index is 12.2. The van der Waals surface area contributed by atoms with Crippen molar-refractivity contribution in [1.82, 2.24) is 14.7 Å². The first-order valence-electron chi connectivity index (χ1n) is 7.79. The van der Waals surface area contributed by atoms with E-state index in [-0.39, 0.29) is 11.9 Å². The van der Waals surface area contributed by atoms with Gasteiger partial charge in [0.05, 0.1) is 5.69 Å². The van der Waals surface area contributed by atoms with E-state index >= 15 is 0 Å². The molecule has 0 bridgehead atoms. The summed E-state index contributed by atoms with van der Waals surface area (Å²) in [6.07, 6.45) is 1.95. The SMILES string of the molecule is Cc1nn(C)c(Cl)c1[C@H]1CCCN1[C@@H](C(N)=O)c1ccccc1. The molecule has 3 rings (SSSR count). The molecule has 0 radical (unpaired) electrons. The third kappa shape index (κ3) is 2.86. The number of halogens is 1. The summed E-state index contributed by atoms with van der Waals surface area (Å²) < 4.78 is 1.69. The highest BCUT2D eigenvalue weighted by Gasteiger charge is 2.38. The fourth-order valence-electron chi connectivity index (χ4n) is 3.59. The van der Waals surface area contributed by atoms with Crippen molar-refractivity contribution in [3.8, 4) is 0 Å². The Bertz CT molecular complexity index is 713. The van der Waals surface area contributed by atoms with Crippen LogP contribution in [0.3, 0.4) is 0 Å². The Balaban J connectivity index is 2.01. The van der Waals surface area contributed by atoms with E-state index in [1.54, 1.807) is 4.68 Å². The molecule has 1 amide bonds. The van der Waals surface area contributed by atoms with Gasteiger partial charge in [-0.15, -0.1) is 0 Å². The van der Waals surface area contributed by atoms with Crippen molar-refractivity contribution in [1.29, 1.82) is 0 Å². The van der Waals surface area contributed by atoms with Gasteiger partial charge in [-0.05, 0) is 31.9 Å². The van der Waals surface area contributed by atoms with Crippen LogP contribution in [0.5, 0.6) is 0 Å². The second-order valence-corrected chi connectivity index (χ2v) is 6.38. The largest absolute Gasteiger partial charge is 0.368 e. The van der Waals surface area contributed by atoms with Crippen LogP contribution in [0.2, 0.25) is 5.15 Å². The lowest BCUT2D eigenvalue weighted by atomic mass is 10.0. The lowest BCUT2D eigenvalue weighted by Gasteiger charge is -2.31. The number of hydrogen-bond acceptors (Lipinski definition) is 3. The molecule has 1 saturated heterocycles. The van der Waals surface area contributed by atoms with Crippen LogP contribution >= 0.6 is 11.6 Å². The van der Waals surface area contributed by atoms with E-state index in [4.69, 9.17) is 17.3 Å². The van der Waals surface area contributed by atoms with Gasteiger partial charge in [0.2, 0.25) is 5.91 Å². The molecule has 1 aromatic heterocycles. The van der Waals surface area contributed by atoms with Crippen LogP contribution in [0.4, 0.5) is 0 Å². The van der Waals surface area contributed by atoms with Crippen LogP contribution in [0.15, 0.2) is 30.3 Å². The number of hydrogen-bond donors (Lipinski definition) is 1. The molecule has 2 aromatic rings. The first kappa shape index (κ1) is 16.0. The number of likely N-dealkylation sites (tertiary alicyclic amines) is 1. The van der Waals surface area contributed by atoms with Gasteiger partial charge >= 0.3 is 0 Å². The zero-order chi connectivity index (χ0) is 16.6. The highest BCUT2D eigenvalue weighted by atomic mass is 35.5. The predicted molar refractivity (Wildman–Crippen MR) is 90.0 cm³/mol. The Morgan fingerprint density at radius 3 is 2.65 bits per heavy atom. The van der Waals surface area contributed by atoms with Gasteiger partial charge < -0.3 is 5.73 Å². The lowest BCUT2D eigenvalue weighted by molar-refractivity contribution is -0.123. The van der Waals surface area contributed by atoms with Gasteiger partial charge in [0, 0.05) is 18.7 Å². The number of nitrogens with two attached hydrogens (primary N) is 1. The summed E-state index contributed by atoms with van der Waals surface area (Å²) in [5.74, 6) is -0.333. The number of primary amides is 1. The number of rotatable bonds is 4. The quantitative estimate of drug-likeness (QED) is 0.936. The van der Waals surface area contributed by atoms with E-state index in [1.165, 1.54) is 0 Å². The number of aromatic nitrogens is 2. The zero-order valence-electron chi connectivity index (χ0n) is 13.4. The van der Waals surface area contributed by atoms with E-state index < -0.39 is 6.04 Å². The first-order valence-corrected chi connectivity index (χ1v) is 8.17. The van der Waals surface area contributed by atoms with E-state index in [0.29, 0.717) is 5.15 Å². The smallest absolute Gasteiger partial charge is 0.239 e. The molecular formula is C17H21ClN4O. The number of carbonyl (C=O) groups excluding carboxylic acids is 1. The summed E-state index contributed by atoms with van der Waals surface area (Å²) in [4.78, 5) is 14.3. The molecule has 1 aliphatic rings. The molecule has 1 aliphatic heterocycles. The number of carbonyl (C=O) groups is 1. The van der Waals surface area contributed by atoms with E-state index in [1.807, 2.05) is 44.3 Å². The molecule has 23 heavy (non-hydrogen) atoms. The van der Waals surface area contributed by atoms with Crippen LogP contribution in [-0.2, 0) is 11.8 Å². The molecule has 1 fully saturated rings. The first-order chi connectivity index (χ1) is 11.0. The molecule has 0 saturated carbocycles. The van der Waals surface area contributed by atoms with Gasteiger partial charge in [-0.25, -0.2) is 0 Å². The molecule has 2 atom stereocenters. The minimum Gasteiger partial charge on any atom is -0.368 e. The number of aryl methyl sites for hydroxylation is 2. The topological polar surface area (TPSA) is 64.2 Å². The highest BCUT2D eigenvalue weighted by Crippen LogP contribution is 2.42. The van der Waals surface area contributed by atoms with Crippen molar-refractivity contribution in [2.45, 2.75) is 31.8 Å². The Morgan fingerprint density at radius 2 is 2.09 bits per heavy atom. The van der Waals surface area contributed by atoms with Crippen molar-refractivity contribution >= 4 is 17.5 Å². The van der Waals surface area contributed by atoms with Crippen molar-refractivity contribution in [3.05, 3.63) is 52.3 Å². The Hall–Kier alpha value is -1.85. The van der Waals surface area contributed by atoms with Gasteiger partial charge in [0.25, 0.3) is 0 Å². The fourth-order valence-corrected chi connectivity index (χ4v) is 3.89. The van der Waals surface area contributed by atoms with Gasteiger partial charge in [0.15, 0.2) is 0 Å². The molecule has 122 valence electrons. The average molecular weight is 333 g/mol. The fraction of sp³-hybridized carbons (Fsp3) is 0.412. The van der Waals surface area contributed by atoms with Gasteiger partial charge in [0.1, 0.15) is 11.2 Å². The second-order valence-electron chi connectivity index (χ2n) is 6.02. The molecule has 2 heterocycles. The minimum absolute atomic E-state index is 0.0638. The molecule has 1 aromatic carbocycles. The molecule has 0 unspecified atom stereocenters. The van der Waals surface area contributed by atoms with Gasteiger partial charge in [-0.3, -0.25) is 14.4 Å². The van der Waals surface area contributed by atoms with Gasteiger partial charge in [-0.1, -0.05) is 41.9 Å². The van der Waals surface area contributed by atoms with Crippen molar-refractivity contribution in [2.75, 3.05) is 6.54 Å². The van der Waals surface area contributed by atoms with Crippen molar-refractivity contribution in [2.24, 2.45) is 12.8 Å². The van der Waals surface area contributed by atoms with Crippen LogP contribution in [0.1, 0.15) is 41.7 Å². The molecule has 5 nitrogen and oxygen atoms in total. The number of nitrogens with zero attached hydrogens (tertiary/aromatic N) is 3. The molecule has 6 heteroatoms. The number of benzene rings is 1. The molecular weight excluding hydrogens is 312 g/mol. The monoisotopic (exact) mass is 332 g/mol. The standard InChI is InChI=1S/C17H21ClN4O/c1-11-14(16(18)21(2)20-11)13-9-6-10-22(13)15(17(19)23)12-7-4-3-5-8-12/h3-5,7-8,13,15H,6,9-10H2,1-2H3,(H2,19,23)/t13-,15-/m1/s1. The van der Waals surface area contributed by atoms with Crippen molar-refractivity contribution in [3.63, 3.8) is 0 Å². The van der Waals surface area contributed by atoms with E-state index in [0.717, 1.165) is 36.2 Å². The van der Waals surface area contributed by atoms with Crippen molar-refractivity contribution < 1.29 is 4.79 Å². The Labute approximate surface area is 141 Å². The van der Waals surface area contributed by atoms with E-state index in [9.17, 15) is 4.79 Å². The van der Waals surface area contributed by atoms with Gasteiger partial charge in [-0.2, -0.15) is 5.10 Å². The average Bonchev–Trinajstić information content (AvgIpc) is 3.06. The zero-order valence-corrected chi connectivity index (χ0v) is 14.1. The second kappa shape index (κ2) is 6.34. The Kier molecular flexibility index (Phi) is 4.41. The van der Waals surface area contributed by atoms with Crippen LogP contribution < -0.4 is 5.73 Å². The lowest BCUT2D eigenvalue weighted by Crippen LogP contribution is -2.37. The van der Waals surface area contributed by atoms with E-state index in [2.05, 4.69) is 10.00 Å². The summed E-state index contributed by atoms with van der Waals surface area (Å²) >= 11 is 6.45. The summed E-state index contributed by atoms with van der Waals surface area (Å²) in [7, 11) is 1.83. The maximum Gasteiger partial charge on any atom is 0.239 e. The molecule has 0 aliphatic carbocycles. The highest BCUT2D eigenvalue weighted by molar-refractivity contribution is 6.30. The van der Waals surface area contributed by atoms with Crippen LogP contribution in [0, 0.1) is 6.92 Å². The Morgan fingerprint density at radius 1 is 1.39 bits per heavy atom. The summed E-state index contributed by atoms with van der Waals surface area (Å²) in [6, 6.07) is 9.31. The maximum absolute atomic E-state index is 12.2. The normalized spacial score (nSPS) is 19.9. The summed E-state index contributed by atoms with van der Waals surface area (Å²) in [5, 5.41) is 5.04. The predicted octanol–water partition coefficient (Wildman–Crippen LogP) is 2.75. The number of amides is 1. The van der Waals surface area contributed by atoms with Crippen LogP contribution in [0.25, 0.3) is 0 Å². The molecule has 0 spiro atoms. The molecule has 2 N–H and O–H groups in total. The summed E-state index contributed by atoms with van der Waals surface area (Å²) in [6.45, 7) is 2.78. The third-order valence-corrected chi connectivity index (χ3v) is 4.99. The van der Waals surface area contributed by atoms with Crippen LogP contribution in [-0.4, -0.2) is 27.1 Å². The minimum atomic E-state index is -0.445. The third-order valence-electron chi connectivity index (χ3n) is 4.54. The summed E-state index contributed by atoms with van der Waals surface area (Å²) in [5.41, 5.74) is 8.57.